The van der Waals surface area contributed by atoms with Gasteiger partial charge in [0.15, 0.2) is 0 Å². The fourth-order valence-corrected chi connectivity index (χ4v) is 0. The molecule has 1 radical (unpaired) electrons. The predicted molar refractivity (Wildman–Crippen MR) is 9.21 cm³/mol. The summed E-state index contributed by atoms with van der Waals surface area (Å²) in [6.45, 7) is 0. The van der Waals surface area contributed by atoms with Crippen LogP contribution in [0.15, 0.2) is 0 Å². The Morgan fingerprint density at radius 2 is 1.00 bits per heavy atom. The molecule has 0 amide bonds. The van der Waals surface area contributed by atoms with E-state index in [4.69, 9.17) is 9.75 Å². The Hall–Kier alpha value is 1.48. The first kappa shape index (κ1) is 15.6. The van der Waals surface area contributed by atoms with Gasteiger partial charge in [-0.3, -0.25) is 0 Å². The average molecular weight is 330 g/mol. The van der Waals surface area contributed by atoms with Crippen molar-refractivity contribution in [2.24, 2.45) is 0 Å². The van der Waals surface area contributed by atoms with E-state index in [-0.39, 0.29) is 41.2 Å². The Balaban J connectivity index is -0.0000000450. The molecule has 0 aliphatic heterocycles. The van der Waals surface area contributed by atoms with E-state index in [1.54, 1.807) is 0 Å². The van der Waals surface area contributed by atoms with Gasteiger partial charge in [0, 0.05) is 22.4 Å². The van der Waals surface area contributed by atoms with Gasteiger partial charge in [0.1, 0.15) is 0 Å². The summed E-state index contributed by atoms with van der Waals surface area (Å²) in [5.74, 6) is 0. The minimum absolute atomic E-state index is 0. The van der Waals surface area contributed by atoms with Crippen molar-refractivity contribution < 1.29 is 50.5 Å². The molecule has 0 aliphatic carbocycles. The van der Waals surface area contributed by atoms with Crippen molar-refractivity contribution in [2.75, 3.05) is 0 Å². The van der Waals surface area contributed by atoms with Crippen LogP contribution in [0.3, 0.4) is 0 Å². The van der Waals surface area contributed by atoms with Gasteiger partial charge in [0.25, 0.3) is 0 Å². The summed E-state index contributed by atoms with van der Waals surface area (Å²) in [5, 5.41) is 0. The third-order valence-electron chi connectivity index (χ3n) is 0. The quantitative estimate of drug-likeness (QED) is 0.535. The molecule has 0 heterocycles. The van der Waals surface area contributed by atoms with E-state index in [2.05, 4.69) is 0 Å². The molecule has 0 spiro atoms. The van der Waals surface area contributed by atoms with Crippen LogP contribution < -0.4 is 0 Å². The average Bonchev–Trinajstić information content (AvgIpc) is 0.811. The van der Waals surface area contributed by atoms with Gasteiger partial charge < -0.3 is 0 Å². The van der Waals surface area contributed by atoms with Crippen molar-refractivity contribution in [3.63, 3.8) is 0 Å². The third kappa shape index (κ3) is 50.3. The summed E-state index contributed by atoms with van der Waals surface area (Å²) >= 11 is -4.20. The molecule has 0 rings (SSSR count). The van der Waals surface area contributed by atoms with Gasteiger partial charge in [0.05, 0.1) is 0 Å². The number of hydrogen-bond donors (Lipinski definition) is 0. The summed E-state index contributed by atoms with van der Waals surface area (Å²) in [6.07, 6.45) is 0. The zero-order valence-electron chi connectivity index (χ0n) is 2.12. The summed E-state index contributed by atoms with van der Waals surface area (Å²) < 4.78 is 25.8. The Labute approximate surface area is 68.7 Å². The van der Waals surface area contributed by atoms with Gasteiger partial charge in [-0.1, -0.05) is 0 Å². The molecule has 0 aliphatic rings. The normalized spacial score (nSPS) is 4.00. The molecule has 6 heavy (non-hydrogen) atoms. The molecular formula is HLiNbO3Ta. The molecule has 0 unspecified atom stereocenters. The monoisotopic (exact) mass is 330 g/mol. The van der Waals surface area contributed by atoms with Crippen LogP contribution in [0.5, 0.6) is 0 Å². The summed E-state index contributed by atoms with van der Waals surface area (Å²) in [6, 6.07) is 0. The Morgan fingerprint density at radius 1 is 1.00 bits per heavy atom. The second-order valence-electron chi connectivity index (χ2n) is 0.224. The Kier molecular flexibility index (Phi) is 25.3. The third-order valence-corrected chi connectivity index (χ3v) is 0. The fraction of sp³-hybridized carbons (Fsp3) is 0. The van der Waals surface area contributed by atoms with E-state index < -0.39 is 18.4 Å². The van der Waals surface area contributed by atoms with Crippen molar-refractivity contribution in [2.45, 2.75) is 0 Å². The van der Waals surface area contributed by atoms with Gasteiger partial charge >= 0.3 is 47.0 Å². The molecule has 30 valence electrons. The Bertz CT molecular complexity index is 80.2. The summed E-state index contributed by atoms with van der Waals surface area (Å²) in [5.41, 5.74) is 0. The van der Waals surface area contributed by atoms with Crippen LogP contribution in [-0.4, -0.2) is 18.9 Å². The van der Waals surface area contributed by atoms with Crippen LogP contribution in [-0.2, 0) is 50.5 Å². The smallest absolute Gasteiger partial charge is 0 e. The predicted octanol–water partition coefficient (Wildman–Crippen LogP) is -1.01. The van der Waals surface area contributed by atoms with Crippen molar-refractivity contribution >= 4 is 18.9 Å². The standard InChI is InChI=1S/Li.Nb.3O.Ta.H. The molecule has 0 aromatic rings. The van der Waals surface area contributed by atoms with E-state index >= 15 is 0 Å². The maximum atomic E-state index is 8.60. The van der Waals surface area contributed by atoms with Gasteiger partial charge in [-0.2, -0.15) is 0 Å². The zero-order valence-corrected chi connectivity index (χ0v) is 7.53. The largest absolute Gasteiger partial charge is 0 e. The first-order valence-electron chi connectivity index (χ1n) is 0.548. The van der Waals surface area contributed by atoms with E-state index in [1.807, 2.05) is 0 Å². The van der Waals surface area contributed by atoms with Gasteiger partial charge in [-0.05, 0) is 0 Å². The first-order valence-corrected chi connectivity index (χ1v) is 3.24. The second kappa shape index (κ2) is 9.69. The molecule has 6 heteroatoms. The van der Waals surface area contributed by atoms with Crippen molar-refractivity contribution in [1.82, 2.24) is 0 Å². The van der Waals surface area contributed by atoms with Crippen molar-refractivity contribution in [3.05, 3.63) is 0 Å². The summed E-state index contributed by atoms with van der Waals surface area (Å²) in [4.78, 5) is 0. The zero-order chi connectivity index (χ0) is 3.58. The van der Waals surface area contributed by atoms with Gasteiger partial charge in [0.2, 0.25) is 0 Å². The van der Waals surface area contributed by atoms with Crippen LogP contribution in [0.1, 0.15) is 0 Å². The molecule has 0 saturated carbocycles. The van der Waals surface area contributed by atoms with Crippen LogP contribution in [0, 0.1) is 0 Å². The van der Waals surface area contributed by atoms with Crippen LogP contribution >= 0.6 is 0 Å². The molecule has 0 bridgehead atoms. The summed E-state index contributed by atoms with van der Waals surface area (Å²) in [7, 11) is 0. The van der Waals surface area contributed by atoms with Gasteiger partial charge in [-0.25, -0.2) is 0 Å². The molecule has 0 fully saturated rings. The molecule has 0 N–H and O–H groups in total. The minimum Gasteiger partial charge on any atom is 0 e. The SMILES string of the molecule is [LiH].[O]=[Nb](=[O])=[O].[Ta]. The molecule has 0 aromatic carbocycles. The van der Waals surface area contributed by atoms with E-state index in [0.29, 0.717) is 0 Å². The Morgan fingerprint density at radius 3 is 1.00 bits per heavy atom. The first-order chi connectivity index (χ1) is 1.73. The maximum Gasteiger partial charge on any atom is 0 e. The fourth-order valence-electron chi connectivity index (χ4n) is 0. The van der Waals surface area contributed by atoms with Crippen molar-refractivity contribution in [3.8, 4) is 0 Å². The van der Waals surface area contributed by atoms with E-state index in [9.17, 15) is 0 Å². The van der Waals surface area contributed by atoms with Gasteiger partial charge in [-0.15, -0.1) is 0 Å². The van der Waals surface area contributed by atoms with Crippen LogP contribution in [0.25, 0.3) is 0 Å². The van der Waals surface area contributed by atoms with E-state index in [1.165, 1.54) is 0 Å². The van der Waals surface area contributed by atoms with Crippen molar-refractivity contribution in [1.29, 1.82) is 0 Å². The molecule has 0 atom stereocenters. The number of hydrogen-bond acceptors (Lipinski definition) is 3. The molecule has 3 nitrogen and oxygen atoms in total. The second-order valence-corrected chi connectivity index (χ2v) is 1.32. The number of rotatable bonds is 0. The van der Waals surface area contributed by atoms with Crippen LogP contribution in [0.4, 0.5) is 0 Å². The minimum atomic E-state index is -4.20. The molecule has 0 saturated heterocycles. The van der Waals surface area contributed by atoms with Crippen LogP contribution in [0.2, 0.25) is 0 Å². The maximum absolute atomic E-state index is 8.60. The molecule has 0 aromatic heterocycles. The topological polar surface area (TPSA) is 51.2 Å². The van der Waals surface area contributed by atoms with E-state index in [0.717, 1.165) is 0 Å². The molecular weight excluding hydrogens is 329 g/mol.